The van der Waals surface area contributed by atoms with Crippen LogP contribution in [0.4, 0.5) is 13.2 Å². The summed E-state index contributed by atoms with van der Waals surface area (Å²) < 4.78 is 65.7. The molecule has 0 aliphatic heterocycles. The largest absolute Gasteiger partial charge is 0.534 e. The lowest BCUT2D eigenvalue weighted by Crippen LogP contribution is -2.50. The van der Waals surface area contributed by atoms with Gasteiger partial charge in [-0.2, -0.15) is 21.6 Å². The van der Waals surface area contributed by atoms with Gasteiger partial charge in [-0.05, 0) is 66.3 Å². The Labute approximate surface area is 185 Å². The number of fused-ring (bicyclic) bond motifs is 3. The van der Waals surface area contributed by atoms with E-state index in [0.717, 1.165) is 29.5 Å². The van der Waals surface area contributed by atoms with Gasteiger partial charge in [0.1, 0.15) is 11.5 Å². The number of benzene rings is 2. The Morgan fingerprint density at radius 2 is 1.75 bits per heavy atom. The summed E-state index contributed by atoms with van der Waals surface area (Å²) in [4.78, 5) is 12.5. The first-order valence-electron chi connectivity index (χ1n) is 10.7. The van der Waals surface area contributed by atoms with E-state index < -0.39 is 15.6 Å². The lowest BCUT2D eigenvalue weighted by Gasteiger charge is -2.52. The molecular weight excluding hydrogens is 441 g/mol. The summed E-state index contributed by atoms with van der Waals surface area (Å²) in [5, 5.41) is 0. The molecule has 2 atom stereocenters. The predicted octanol–water partition coefficient (Wildman–Crippen LogP) is 5.49. The summed E-state index contributed by atoms with van der Waals surface area (Å²) in [7, 11) is -5.74. The molecule has 1 fully saturated rings. The molecule has 0 unspecified atom stereocenters. The summed E-state index contributed by atoms with van der Waals surface area (Å²) in [6.45, 7) is 2.14. The van der Waals surface area contributed by atoms with Crippen molar-refractivity contribution in [3.05, 3.63) is 65.2 Å². The summed E-state index contributed by atoms with van der Waals surface area (Å²) in [6.07, 6.45) is 4.39. The van der Waals surface area contributed by atoms with E-state index >= 15 is 0 Å². The van der Waals surface area contributed by atoms with Crippen molar-refractivity contribution >= 4 is 15.9 Å². The van der Waals surface area contributed by atoms with Crippen molar-refractivity contribution in [1.82, 2.24) is 0 Å². The lowest BCUT2D eigenvalue weighted by atomic mass is 9.51. The van der Waals surface area contributed by atoms with Crippen LogP contribution in [0.25, 0.3) is 0 Å². The minimum Gasteiger partial charge on any atom is -0.376 e. The molecule has 0 bridgehead atoms. The molecule has 2 aliphatic rings. The maximum Gasteiger partial charge on any atom is 0.534 e. The maximum atomic E-state index is 12.8. The van der Waals surface area contributed by atoms with Gasteiger partial charge in [0.15, 0.2) is 0 Å². The van der Waals surface area contributed by atoms with Crippen molar-refractivity contribution in [1.29, 1.82) is 0 Å². The molecule has 32 heavy (non-hydrogen) atoms. The van der Waals surface area contributed by atoms with Crippen LogP contribution in [0.2, 0.25) is 0 Å². The van der Waals surface area contributed by atoms with E-state index in [4.69, 9.17) is 0 Å². The van der Waals surface area contributed by atoms with Gasteiger partial charge in [0.2, 0.25) is 0 Å². The highest BCUT2D eigenvalue weighted by molar-refractivity contribution is 7.88. The normalized spacial score (nSPS) is 26.1. The zero-order valence-electron chi connectivity index (χ0n) is 17.7. The first-order valence-corrected chi connectivity index (χ1v) is 12.1. The number of hydrogen-bond acceptors (Lipinski definition) is 4. The molecule has 0 aromatic heterocycles. The number of aryl methyl sites for hydroxylation is 1. The van der Waals surface area contributed by atoms with Crippen LogP contribution in [0, 0.1) is 5.41 Å². The Morgan fingerprint density at radius 3 is 2.44 bits per heavy atom. The Hall–Kier alpha value is -2.35. The fraction of sp³-hybridized carbons (Fsp3) is 0.458. The maximum absolute atomic E-state index is 12.8. The first-order chi connectivity index (χ1) is 15.0. The van der Waals surface area contributed by atoms with Gasteiger partial charge in [-0.3, -0.25) is 4.79 Å². The van der Waals surface area contributed by atoms with Gasteiger partial charge < -0.3 is 4.18 Å². The highest BCUT2D eigenvalue weighted by Gasteiger charge is 2.54. The van der Waals surface area contributed by atoms with Crippen LogP contribution < -0.4 is 4.18 Å². The minimum absolute atomic E-state index is 0.232. The average Bonchev–Trinajstić information content (AvgIpc) is 2.81. The zero-order chi connectivity index (χ0) is 23.2. The van der Waals surface area contributed by atoms with E-state index in [1.165, 1.54) is 12.1 Å². The van der Waals surface area contributed by atoms with Crippen molar-refractivity contribution in [2.24, 2.45) is 5.41 Å². The molecular formula is C24H25F3O4S. The van der Waals surface area contributed by atoms with E-state index in [1.807, 2.05) is 30.3 Å². The van der Waals surface area contributed by atoms with Crippen molar-refractivity contribution in [2.75, 3.05) is 0 Å². The van der Waals surface area contributed by atoms with Crippen LogP contribution in [0.3, 0.4) is 0 Å². The fourth-order valence-corrected chi connectivity index (χ4v) is 6.07. The molecule has 0 amide bonds. The fourth-order valence-electron chi connectivity index (χ4n) is 5.61. The number of halogens is 3. The van der Waals surface area contributed by atoms with Crippen LogP contribution in [0.1, 0.15) is 55.7 Å². The second kappa shape index (κ2) is 7.90. The Balaban J connectivity index is 1.82. The van der Waals surface area contributed by atoms with Gasteiger partial charge in [-0.25, -0.2) is 0 Å². The molecule has 8 heteroatoms. The van der Waals surface area contributed by atoms with E-state index in [1.54, 1.807) is 6.07 Å². The third-order valence-electron chi connectivity index (χ3n) is 7.18. The number of alkyl halides is 3. The zero-order valence-corrected chi connectivity index (χ0v) is 18.6. The van der Waals surface area contributed by atoms with Gasteiger partial charge in [0.05, 0.1) is 0 Å². The van der Waals surface area contributed by atoms with E-state index in [2.05, 4.69) is 11.1 Å². The van der Waals surface area contributed by atoms with Gasteiger partial charge in [0.25, 0.3) is 0 Å². The monoisotopic (exact) mass is 466 g/mol. The van der Waals surface area contributed by atoms with E-state index in [-0.39, 0.29) is 22.4 Å². The number of rotatable bonds is 4. The lowest BCUT2D eigenvalue weighted by molar-refractivity contribution is -0.127. The first kappa shape index (κ1) is 22.8. The van der Waals surface area contributed by atoms with Gasteiger partial charge >= 0.3 is 15.6 Å². The summed E-state index contributed by atoms with van der Waals surface area (Å²) in [5.74, 6) is -0.109. The predicted molar refractivity (Wildman–Crippen MR) is 114 cm³/mol. The molecule has 0 saturated heterocycles. The third kappa shape index (κ3) is 3.93. The van der Waals surface area contributed by atoms with Crippen molar-refractivity contribution < 1.29 is 30.6 Å². The molecule has 0 radical (unpaired) electrons. The molecule has 1 saturated carbocycles. The second-order valence-corrected chi connectivity index (χ2v) is 10.7. The van der Waals surface area contributed by atoms with Gasteiger partial charge in [-0.1, -0.05) is 43.3 Å². The molecule has 4 rings (SSSR count). The topological polar surface area (TPSA) is 60.4 Å². The third-order valence-corrected chi connectivity index (χ3v) is 8.16. The highest BCUT2D eigenvalue weighted by atomic mass is 32.2. The number of ketones is 1. The molecule has 0 heterocycles. The number of carbonyl (C=O) groups is 1. The van der Waals surface area contributed by atoms with E-state index in [9.17, 15) is 26.4 Å². The minimum atomic E-state index is -5.74. The quantitative estimate of drug-likeness (QED) is 0.442. The van der Waals surface area contributed by atoms with Crippen LogP contribution in [-0.4, -0.2) is 19.7 Å². The van der Waals surface area contributed by atoms with Crippen LogP contribution in [0.5, 0.6) is 5.75 Å². The Morgan fingerprint density at radius 1 is 1.03 bits per heavy atom. The Kier molecular flexibility index (Phi) is 5.64. The number of carbonyl (C=O) groups excluding carboxylic acids is 1. The second-order valence-electron chi connectivity index (χ2n) is 9.18. The van der Waals surface area contributed by atoms with Crippen molar-refractivity contribution in [2.45, 2.75) is 62.8 Å². The van der Waals surface area contributed by atoms with Crippen molar-refractivity contribution in [3.63, 3.8) is 0 Å². The van der Waals surface area contributed by atoms with Crippen LogP contribution >= 0.6 is 0 Å². The van der Waals surface area contributed by atoms with Gasteiger partial charge in [0, 0.05) is 18.3 Å². The molecule has 2 aromatic carbocycles. The summed E-state index contributed by atoms with van der Waals surface area (Å²) in [5.41, 5.74) is -3.28. The van der Waals surface area contributed by atoms with E-state index in [0.29, 0.717) is 32.1 Å². The number of Topliss-reactive ketones (excluding diaryl/α,β-unsaturated/α-hetero) is 1. The Bertz CT molecular complexity index is 1130. The standard InChI is InChI=1S/C24H25F3O4S/c1-22-12-5-8-18-14-20(31-32(29,30)24(25,26)27)9-10-21(18)23(22,13-11-19(28)16-22)15-17-6-3-2-4-7-17/h2-4,6-7,9-10,14H,5,8,11-13,15-16H2,1H3/t22-,23+/m0/s1. The number of hydrogen-bond donors (Lipinski definition) is 0. The molecule has 2 aromatic rings. The molecule has 0 spiro atoms. The van der Waals surface area contributed by atoms with Crippen molar-refractivity contribution in [3.8, 4) is 5.75 Å². The van der Waals surface area contributed by atoms with Gasteiger partial charge in [-0.15, -0.1) is 0 Å². The molecule has 172 valence electrons. The average molecular weight is 467 g/mol. The smallest absolute Gasteiger partial charge is 0.376 e. The summed E-state index contributed by atoms with van der Waals surface area (Å²) >= 11 is 0. The van der Waals surface area contributed by atoms with Crippen LogP contribution in [-0.2, 0) is 33.2 Å². The van der Waals surface area contributed by atoms with Crippen LogP contribution in [0.15, 0.2) is 48.5 Å². The molecule has 2 aliphatic carbocycles. The summed E-state index contributed by atoms with van der Waals surface area (Å²) in [6, 6.07) is 14.4. The molecule has 4 nitrogen and oxygen atoms in total. The SMILES string of the molecule is C[C@@]12CCCc3cc(OS(=O)(=O)C(F)(F)F)ccc3[C@]1(Cc1ccccc1)CCC(=O)C2. The molecule has 0 N–H and O–H groups in total. The highest BCUT2D eigenvalue weighted by Crippen LogP contribution is 2.58.